The molecule has 0 N–H and O–H groups in total. The zero-order valence-electron chi connectivity index (χ0n) is 17.2. The molecular formula is C23H21ClFN5O. The molecule has 1 aliphatic rings. The fraction of sp³-hybridized carbons (Fsp3) is 0.261. The molecule has 0 aliphatic carbocycles. The number of ether oxygens (including phenoxy) is 1. The van der Waals surface area contributed by atoms with Gasteiger partial charge in [0.1, 0.15) is 17.7 Å². The molecule has 4 heterocycles. The van der Waals surface area contributed by atoms with Gasteiger partial charge in [0.05, 0.1) is 24.0 Å². The maximum absolute atomic E-state index is 14.8. The van der Waals surface area contributed by atoms with Gasteiger partial charge in [0.15, 0.2) is 0 Å². The molecule has 0 unspecified atom stereocenters. The maximum Gasteiger partial charge on any atom is 0.134 e. The van der Waals surface area contributed by atoms with Gasteiger partial charge < -0.3 is 9.64 Å². The van der Waals surface area contributed by atoms with Crippen molar-refractivity contribution in [3.8, 4) is 11.3 Å². The minimum absolute atomic E-state index is 0.110. The molecule has 31 heavy (non-hydrogen) atoms. The van der Waals surface area contributed by atoms with Crippen LogP contribution in [0.15, 0.2) is 48.8 Å². The Labute approximate surface area is 184 Å². The van der Waals surface area contributed by atoms with E-state index in [1.54, 1.807) is 16.8 Å². The van der Waals surface area contributed by atoms with Crippen molar-refractivity contribution in [1.29, 1.82) is 0 Å². The number of hydrogen-bond donors (Lipinski definition) is 0. The number of rotatable bonds is 3. The predicted octanol–water partition coefficient (Wildman–Crippen LogP) is 4.71. The highest BCUT2D eigenvalue weighted by Gasteiger charge is 2.25. The molecule has 1 aromatic carbocycles. The van der Waals surface area contributed by atoms with Crippen LogP contribution in [-0.4, -0.2) is 39.4 Å². The summed E-state index contributed by atoms with van der Waals surface area (Å²) in [6.45, 7) is 3.81. The van der Waals surface area contributed by atoms with Gasteiger partial charge in [0.2, 0.25) is 0 Å². The van der Waals surface area contributed by atoms with Crippen molar-refractivity contribution in [2.75, 3.05) is 24.6 Å². The number of halogens is 2. The molecule has 158 valence electrons. The molecule has 0 amide bonds. The number of hydrogen-bond acceptors (Lipinski definition) is 5. The molecule has 0 bridgehead atoms. The van der Waals surface area contributed by atoms with Crippen molar-refractivity contribution in [3.05, 3.63) is 70.9 Å². The molecule has 1 saturated heterocycles. The van der Waals surface area contributed by atoms with Crippen LogP contribution in [0.1, 0.15) is 17.4 Å². The van der Waals surface area contributed by atoms with E-state index in [4.69, 9.17) is 21.3 Å². The van der Waals surface area contributed by atoms with Crippen molar-refractivity contribution < 1.29 is 9.13 Å². The Balaban J connectivity index is 1.60. The summed E-state index contributed by atoms with van der Waals surface area (Å²) in [6.07, 6.45) is 3.67. The smallest absolute Gasteiger partial charge is 0.134 e. The number of morpholine rings is 1. The average Bonchev–Trinajstić information content (AvgIpc) is 3.19. The third kappa shape index (κ3) is 3.86. The van der Waals surface area contributed by atoms with Gasteiger partial charge in [-0.15, -0.1) is 0 Å². The van der Waals surface area contributed by atoms with Gasteiger partial charge in [-0.05, 0) is 37.3 Å². The van der Waals surface area contributed by atoms with Gasteiger partial charge in [0, 0.05) is 59.6 Å². The number of nitrogens with zero attached hydrogens (tertiary/aromatic N) is 5. The first-order chi connectivity index (χ1) is 15.0. The molecule has 8 heteroatoms. The SMILES string of the molecule is Cc1ccc2c(-c3ccc(Cl)cc3F)nc(N3CCO[C@H](c4cnn(C)c4)C3)cc2n1. The molecule has 1 aliphatic heterocycles. The normalized spacial score (nSPS) is 16.8. The van der Waals surface area contributed by atoms with Gasteiger partial charge in [-0.25, -0.2) is 9.37 Å². The second-order valence-electron chi connectivity index (χ2n) is 7.73. The van der Waals surface area contributed by atoms with Gasteiger partial charge in [-0.2, -0.15) is 5.10 Å². The summed E-state index contributed by atoms with van der Waals surface area (Å²) < 4.78 is 22.5. The van der Waals surface area contributed by atoms with Crippen LogP contribution in [0, 0.1) is 12.7 Å². The van der Waals surface area contributed by atoms with Crippen LogP contribution in [0.3, 0.4) is 0 Å². The van der Waals surface area contributed by atoms with Gasteiger partial charge in [-0.3, -0.25) is 9.67 Å². The zero-order chi connectivity index (χ0) is 21.5. The van der Waals surface area contributed by atoms with E-state index in [9.17, 15) is 4.39 Å². The summed E-state index contributed by atoms with van der Waals surface area (Å²) >= 11 is 5.97. The molecule has 5 rings (SSSR count). The van der Waals surface area contributed by atoms with Crippen molar-refractivity contribution >= 4 is 28.3 Å². The lowest BCUT2D eigenvalue weighted by Gasteiger charge is -2.33. The first-order valence-electron chi connectivity index (χ1n) is 10.1. The van der Waals surface area contributed by atoms with E-state index in [2.05, 4.69) is 15.0 Å². The lowest BCUT2D eigenvalue weighted by Crippen LogP contribution is -2.38. The fourth-order valence-electron chi connectivity index (χ4n) is 3.93. The van der Waals surface area contributed by atoms with E-state index >= 15 is 0 Å². The molecule has 3 aromatic heterocycles. The van der Waals surface area contributed by atoms with E-state index in [0.717, 1.165) is 28.0 Å². The summed E-state index contributed by atoms with van der Waals surface area (Å²) in [4.78, 5) is 11.7. The Bertz CT molecular complexity index is 1270. The second kappa shape index (κ2) is 7.90. The van der Waals surface area contributed by atoms with Crippen molar-refractivity contribution in [2.45, 2.75) is 13.0 Å². The van der Waals surface area contributed by atoms with Gasteiger partial charge in [0.25, 0.3) is 0 Å². The predicted molar refractivity (Wildman–Crippen MR) is 119 cm³/mol. The van der Waals surface area contributed by atoms with Gasteiger partial charge in [-0.1, -0.05) is 11.6 Å². The molecule has 6 nitrogen and oxygen atoms in total. The maximum atomic E-state index is 14.8. The summed E-state index contributed by atoms with van der Waals surface area (Å²) in [7, 11) is 1.88. The summed E-state index contributed by atoms with van der Waals surface area (Å²) in [5.74, 6) is 0.335. The average molecular weight is 438 g/mol. The van der Waals surface area contributed by atoms with E-state index < -0.39 is 5.82 Å². The zero-order valence-corrected chi connectivity index (χ0v) is 18.0. The van der Waals surface area contributed by atoms with Crippen LogP contribution in [-0.2, 0) is 11.8 Å². The van der Waals surface area contributed by atoms with Crippen molar-refractivity contribution in [2.24, 2.45) is 7.05 Å². The van der Waals surface area contributed by atoms with Crippen LogP contribution in [0.5, 0.6) is 0 Å². The number of benzene rings is 1. The first kappa shape index (κ1) is 19.9. The Morgan fingerprint density at radius 2 is 2.03 bits per heavy atom. The standard InChI is InChI=1S/C23H21ClFN5O/c1-14-3-5-18-20(27-14)10-22(28-23(18)17-6-4-16(24)9-19(17)25)30-7-8-31-21(13-30)15-11-26-29(2)12-15/h3-6,9-12,21H,7-8,13H2,1-2H3/t21-/m0/s1. The largest absolute Gasteiger partial charge is 0.370 e. The number of pyridine rings is 2. The molecule has 0 radical (unpaired) electrons. The van der Waals surface area contributed by atoms with Gasteiger partial charge >= 0.3 is 0 Å². The topological polar surface area (TPSA) is 56.1 Å². The van der Waals surface area contributed by atoms with E-state index in [1.807, 2.05) is 44.6 Å². The molecular weight excluding hydrogens is 417 g/mol. The van der Waals surface area contributed by atoms with Crippen LogP contribution in [0.25, 0.3) is 22.2 Å². The Morgan fingerprint density at radius 3 is 2.81 bits per heavy atom. The summed E-state index contributed by atoms with van der Waals surface area (Å²) in [6, 6.07) is 10.5. The Kier molecular flexibility index (Phi) is 5.08. The van der Waals surface area contributed by atoms with Crippen molar-refractivity contribution in [3.63, 3.8) is 0 Å². The third-order valence-corrected chi connectivity index (χ3v) is 5.72. The van der Waals surface area contributed by atoms with E-state index in [-0.39, 0.29) is 6.10 Å². The molecule has 1 atom stereocenters. The summed E-state index contributed by atoms with van der Waals surface area (Å²) in [5, 5.41) is 5.40. The lowest BCUT2D eigenvalue weighted by atomic mass is 10.0. The minimum Gasteiger partial charge on any atom is -0.370 e. The number of aryl methyl sites for hydroxylation is 2. The van der Waals surface area contributed by atoms with E-state index in [1.165, 1.54) is 6.07 Å². The van der Waals surface area contributed by atoms with E-state index in [0.29, 0.717) is 36.0 Å². The van der Waals surface area contributed by atoms with Crippen LogP contribution < -0.4 is 4.90 Å². The number of anilines is 1. The highest BCUT2D eigenvalue weighted by Crippen LogP contribution is 2.34. The third-order valence-electron chi connectivity index (χ3n) is 5.48. The molecule has 4 aromatic rings. The monoisotopic (exact) mass is 437 g/mol. The highest BCUT2D eigenvalue weighted by molar-refractivity contribution is 6.30. The lowest BCUT2D eigenvalue weighted by molar-refractivity contribution is 0.0395. The first-order valence-corrected chi connectivity index (χ1v) is 10.4. The second-order valence-corrected chi connectivity index (χ2v) is 8.16. The Hall–Kier alpha value is -3.03. The van der Waals surface area contributed by atoms with Crippen LogP contribution in [0.4, 0.5) is 10.2 Å². The minimum atomic E-state index is -0.408. The van der Waals surface area contributed by atoms with Crippen LogP contribution in [0.2, 0.25) is 5.02 Å². The Morgan fingerprint density at radius 1 is 1.16 bits per heavy atom. The highest BCUT2D eigenvalue weighted by atomic mass is 35.5. The number of aromatic nitrogens is 4. The number of fused-ring (bicyclic) bond motifs is 1. The molecule has 0 saturated carbocycles. The molecule has 0 spiro atoms. The quantitative estimate of drug-likeness (QED) is 0.464. The molecule has 1 fully saturated rings. The summed E-state index contributed by atoms with van der Waals surface area (Å²) in [5.41, 5.74) is 3.64. The van der Waals surface area contributed by atoms with Crippen LogP contribution >= 0.6 is 11.6 Å². The fourth-order valence-corrected chi connectivity index (χ4v) is 4.09. The van der Waals surface area contributed by atoms with Crippen molar-refractivity contribution in [1.82, 2.24) is 19.7 Å².